The van der Waals surface area contributed by atoms with Crippen molar-refractivity contribution in [1.29, 1.82) is 0 Å². The van der Waals surface area contributed by atoms with Gasteiger partial charge in [-0.25, -0.2) is 13.1 Å². The second kappa shape index (κ2) is 7.16. The van der Waals surface area contributed by atoms with Crippen LogP contribution in [0.4, 0.5) is 5.69 Å². The van der Waals surface area contributed by atoms with Crippen molar-refractivity contribution in [2.45, 2.75) is 30.8 Å². The van der Waals surface area contributed by atoms with E-state index in [2.05, 4.69) is 10.0 Å². The maximum Gasteiger partial charge on any atom is 0.240 e. The molecule has 7 nitrogen and oxygen atoms in total. The molecule has 2 aromatic rings. The van der Waals surface area contributed by atoms with E-state index >= 15 is 0 Å². The number of anilines is 1. The van der Waals surface area contributed by atoms with Crippen LogP contribution >= 0.6 is 0 Å². The number of carbonyl (C=O) groups is 1. The third-order valence-corrected chi connectivity index (χ3v) is 4.68. The molecule has 8 heteroatoms. The van der Waals surface area contributed by atoms with Crippen LogP contribution in [0.25, 0.3) is 0 Å². The van der Waals surface area contributed by atoms with Crippen molar-refractivity contribution in [2.24, 2.45) is 0 Å². The minimum absolute atomic E-state index is 0.0467. The zero-order valence-electron chi connectivity index (χ0n) is 13.4. The van der Waals surface area contributed by atoms with E-state index in [1.807, 2.05) is 0 Å². The first-order valence-corrected chi connectivity index (χ1v) is 8.78. The van der Waals surface area contributed by atoms with E-state index in [0.717, 1.165) is 0 Å². The quantitative estimate of drug-likeness (QED) is 0.700. The van der Waals surface area contributed by atoms with E-state index in [-0.39, 0.29) is 23.8 Å². The van der Waals surface area contributed by atoms with Crippen LogP contribution in [0.1, 0.15) is 19.6 Å². The van der Waals surface area contributed by atoms with Crippen LogP contribution in [0.15, 0.2) is 52.0 Å². The number of amides is 1. The molecule has 0 aliphatic rings. The Balaban J connectivity index is 2.01. The van der Waals surface area contributed by atoms with Crippen molar-refractivity contribution >= 4 is 21.6 Å². The van der Waals surface area contributed by atoms with Gasteiger partial charge < -0.3 is 14.8 Å². The summed E-state index contributed by atoms with van der Waals surface area (Å²) in [6.45, 7) is 2.73. The van der Waals surface area contributed by atoms with Gasteiger partial charge in [-0.3, -0.25) is 4.79 Å². The van der Waals surface area contributed by atoms with E-state index in [0.29, 0.717) is 11.4 Å². The van der Waals surface area contributed by atoms with Crippen LogP contribution in [0.2, 0.25) is 0 Å². The zero-order valence-corrected chi connectivity index (χ0v) is 14.3. The van der Waals surface area contributed by atoms with Gasteiger partial charge in [-0.2, -0.15) is 0 Å². The van der Waals surface area contributed by atoms with Gasteiger partial charge in [0.1, 0.15) is 5.76 Å². The van der Waals surface area contributed by atoms with Gasteiger partial charge in [-0.1, -0.05) is 0 Å². The summed E-state index contributed by atoms with van der Waals surface area (Å²) in [7, 11) is -3.77. The maximum absolute atomic E-state index is 12.3. The van der Waals surface area contributed by atoms with Gasteiger partial charge in [0, 0.05) is 25.6 Å². The second-order valence-corrected chi connectivity index (χ2v) is 7.55. The normalized spacial score (nSPS) is 14.1. The van der Waals surface area contributed by atoms with Gasteiger partial charge in [0.25, 0.3) is 0 Å². The minimum Gasteiger partial charge on any atom is -0.469 e. The molecule has 130 valence electrons. The summed E-state index contributed by atoms with van der Waals surface area (Å²) in [6, 6.07) is 9.17. The molecule has 0 aliphatic heterocycles. The standard InChI is InChI=1S/C16H20N2O5S/c1-12(19)18-13-5-7-15(8-6-13)24(21,22)17-11-16(2,20)10-14-4-3-9-23-14/h3-9,17,20H,10-11H2,1-2H3,(H,18,19)/t16-/m0/s1. The number of aliphatic hydroxyl groups is 1. The van der Waals surface area contributed by atoms with Gasteiger partial charge in [-0.15, -0.1) is 0 Å². The van der Waals surface area contributed by atoms with Crippen molar-refractivity contribution in [1.82, 2.24) is 4.72 Å². The van der Waals surface area contributed by atoms with Gasteiger partial charge in [0.05, 0.1) is 16.8 Å². The third-order valence-electron chi connectivity index (χ3n) is 3.26. The molecule has 0 spiro atoms. The predicted molar refractivity (Wildman–Crippen MR) is 89.0 cm³/mol. The first-order valence-electron chi connectivity index (χ1n) is 7.30. The van der Waals surface area contributed by atoms with E-state index < -0.39 is 15.6 Å². The Morgan fingerprint density at radius 3 is 2.46 bits per heavy atom. The lowest BCUT2D eigenvalue weighted by Gasteiger charge is -2.22. The van der Waals surface area contributed by atoms with E-state index in [4.69, 9.17) is 4.42 Å². The molecule has 1 atom stereocenters. The number of hydrogen-bond acceptors (Lipinski definition) is 5. The highest BCUT2D eigenvalue weighted by Gasteiger charge is 2.25. The molecule has 2 rings (SSSR count). The van der Waals surface area contributed by atoms with Crippen molar-refractivity contribution in [3.8, 4) is 0 Å². The molecule has 0 unspecified atom stereocenters. The van der Waals surface area contributed by atoms with Crippen LogP contribution < -0.4 is 10.0 Å². The molecule has 3 N–H and O–H groups in total. The lowest BCUT2D eigenvalue weighted by atomic mass is 10.0. The van der Waals surface area contributed by atoms with Gasteiger partial charge >= 0.3 is 0 Å². The summed E-state index contributed by atoms with van der Waals surface area (Å²) < 4.78 is 32.1. The Morgan fingerprint density at radius 2 is 1.92 bits per heavy atom. The number of furan rings is 1. The Labute approximate surface area is 140 Å². The number of rotatable bonds is 7. The highest BCUT2D eigenvalue weighted by Crippen LogP contribution is 2.16. The predicted octanol–water partition coefficient (Wildman–Crippen LogP) is 1.51. The topological polar surface area (TPSA) is 109 Å². The fourth-order valence-corrected chi connectivity index (χ4v) is 3.27. The number of sulfonamides is 1. The Bertz CT molecular complexity index is 780. The Kier molecular flexibility index (Phi) is 5.43. The lowest BCUT2D eigenvalue weighted by Crippen LogP contribution is -2.42. The Hall–Kier alpha value is -2.16. The molecule has 0 saturated heterocycles. The molecule has 1 amide bonds. The molecule has 1 heterocycles. The number of benzene rings is 1. The van der Waals surface area contributed by atoms with Crippen LogP contribution in [-0.2, 0) is 21.2 Å². The molecule has 0 saturated carbocycles. The van der Waals surface area contributed by atoms with Crippen molar-refractivity contribution in [3.05, 3.63) is 48.4 Å². The number of carbonyl (C=O) groups excluding carboxylic acids is 1. The molecule has 0 fully saturated rings. The van der Waals surface area contributed by atoms with Crippen LogP contribution in [0.3, 0.4) is 0 Å². The van der Waals surface area contributed by atoms with Gasteiger partial charge in [0.15, 0.2) is 0 Å². The molecule has 0 aliphatic carbocycles. The molecule has 1 aromatic carbocycles. The van der Waals surface area contributed by atoms with Crippen molar-refractivity contribution in [3.63, 3.8) is 0 Å². The lowest BCUT2D eigenvalue weighted by molar-refractivity contribution is -0.114. The smallest absolute Gasteiger partial charge is 0.240 e. The van der Waals surface area contributed by atoms with E-state index in [9.17, 15) is 18.3 Å². The molecule has 24 heavy (non-hydrogen) atoms. The first-order chi connectivity index (χ1) is 11.2. The maximum atomic E-state index is 12.3. The largest absolute Gasteiger partial charge is 0.469 e. The Morgan fingerprint density at radius 1 is 1.25 bits per heavy atom. The average molecular weight is 352 g/mol. The van der Waals surface area contributed by atoms with Gasteiger partial charge in [-0.05, 0) is 43.3 Å². The first kappa shape index (κ1) is 18.2. The summed E-state index contributed by atoms with van der Waals surface area (Å²) in [4.78, 5) is 11.0. The van der Waals surface area contributed by atoms with Crippen molar-refractivity contribution < 1.29 is 22.7 Å². The monoisotopic (exact) mass is 352 g/mol. The molecular weight excluding hydrogens is 332 g/mol. The fraction of sp³-hybridized carbons (Fsp3) is 0.312. The van der Waals surface area contributed by atoms with Crippen molar-refractivity contribution in [2.75, 3.05) is 11.9 Å². The molecular formula is C16H20N2O5S. The average Bonchev–Trinajstić information content (AvgIpc) is 2.98. The second-order valence-electron chi connectivity index (χ2n) is 5.78. The third kappa shape index (κ3) is 5.19. The summed E-state index contributed by atoms with van der Waals surface area (Å²) >= 11 is 0. The summed E-state index contributed by atoms with van der Waals surface area (Å²) in [5.74, 6) is 0.330. The van der Waals surface area contributed by atoms with Gasteiger partial charge in [0.2, 0.25) is 15.9 Å². The molecule has 1 aromatic heterocycles. The van der Waals surface area contributed by atoms with E-state index in [1.165, 1.54) is 44.4 Å². The molecule has 0 radical (unpaired) electrons. The van der Waals surface area contributed by atoms with E-state index in [1.54, 1.807) is 12.1 Å². The zero-order chi connectivity index (χ0) is 17.8. The fourth-order valence-electron chi connectivity index (χ4n) is 2.11. The number of nitrogens with one attached hydrogen (secondary N) is 2. The van der Waals surface area contributed by atoms with Crippen LogP contribution in [0, 0.1) is 0 Å². The summed E-state index contributed by atoms with van der Waals surface area (Å²) in [5.41, 5.74) is -0.785. The molecule has 0 bridgehead atoms. The highest BCUT2D eigenvalue weighted by atomic mass is 32.2. The van der Waals surface area contributed by atoms with Crippen LogP contribution in [0.5, 0.6) is 0 Å². The highest BCUT2D eigenvalue weighted by molar-refractivity contribution is 7.89. The summed E-state index contributed by atoms with van der Waals surface area (Å²) in [5, 5.41) is 12.9. The SMILES string of the molecule is CC(=O)Nc1ccc(S(=O)(=O)NC[C@@](C)(O)Cc2ccco2)cc1. The van der Waals surface area contributed by atoms with Crippen LogP contribution in [-0.4, -0.2) is 31.6 Å². The number of hydrogen-bond donors (Lipinski definition) is 3. The summed E-state index contributed by atoms with van der Waals surface area (Å²) in [6.07, 6.45) is 1.68. The minimum atomic E-state index is -3.77.